The van der Waals surface area contributed by atoms with Gasteiger partial charge in [-0.25, -0.2) is 0 Å². The summed E-state index contributed by atoms with van der Waals surface area (Å²) < 4.78 is 1.98. The molecular weight excluding hydrogens is 310 g/mol. The minimum Gasteiger partial charge on any atom is -0.363 e. The van der Waals surface area contributed by atoms with Crippen LogP contribution < -0.4 is 10.2 Å². The van der Waals surface area contributed by atoms with E-state index in [0.29, 0.717) is 6.04 Å². The van der Waals surface area contributed by atoms with Gasteiger partial charge >= 0.3 is 0 Å². The van der Waals surface area contributed by atoms with Gasteiger partial charge in [0.25, 0.3) is 0 Å². The van der Waals surface area contributed by atoms with E-state index in [-0.39, 0.29) is 0 Å². The van der Waals surface area contributed by atoms with Gasteiger partial charge in [-0.15, -0.1) is 0 Å². The van der Waals surface area contributed by atoms with Gasteiger partial charge in [0.1, 0.15) is 5.82 Å². The fraction of sp³-hybridized carbons (Fsp3) is 0.550. The second kappa shape index (κ2) is 8.02. The van der Waals surface area contributed by atoms with Crippen LogP contribution in [0.15, 0.2) is 30.3 Å². The molecule has 1 aliphatic rings. The Labute approximate surface area is 151 Å². The van der Waals surface area contributed by atoms with E-state index in [4.69, 9.17) is 0 Å². The smallest absolute Gasteiger partial charge is 0.130 e. The van der Waals surface area contributed by atoms with Gasteiger partial charge in [-0.1, -0.05) is 30.3 Å². The highest BCUT2D eigenvalue weighted by Gasteiger charge is 2.21. The van der Waals surface area contributed by atoms with Gasteiger partial charge in [0.05, 0.1) is 5.69 Å². The predicted octanol–water partition coefficient (Wildman–Crippen LogP) is 2.72. The number of benzene rings is 1. The van der Waals surface area contributed by atoms with E-state index in [1.54, 1.807) is 0 Å². The van der Waals surface area contributed by atoms with Crippen LogP contribution in [0.1, 0.15) is 35.7 Å². The molecule has 5 heteroatoms. The average Bonchev–Trinajstić information content (AvgIpc) is 3.19. The normalized spacial score (nSPS) is 16.3. The monoisotopic (exact) mass is 341 g/mol. The van der Waals surface area contributed by atoms with E-state index in [0.717, 1.165) is 18.8 Å². The topological polar surface area (TPSA) is 36.3 Å². The Hall–Kier alpha value is -1.85. The number of rotatable bonds is 7. The molecule has 0 amide bonds. The molecule has 1 atom stereocenters. The van der Waals surface area contributed by atoms with Gasteiger partial charge in [0.2, 0.25) is 0 Å². The number of aryl methyl sites for hydroxylation is 2. The molecule has 1 saturated heterocycles. The highest BCUT2D eigenvalue weighted by molar-refractivity contribution is 5.48. The molecule has 1 aromatic carbocycles. The van der Waals surface area contributed by atoms with E-state index in [2.05, 4.69) is 71.6 Å². The number of hydrogen-bond donors (Lipinski definition) is 1. The minimum absolute atomic E-state index is 0.342. The molecule has 1 fully saturated rings. The molecule has 0 spiro atoms. The third-order valence-corrected chi connectivity index (χ3v) is 5.10. The predicted molar refractivity (Wildman–Crippen MR) is 104 cm³/mol. The first kappa shape index (κ1) is 18.0. The van der Waals surface area contributed by atoms with Gasteiger partial charge in [0.15, 0.2) is 0 Å². The van der Waals surface area contributed by atoms with Crippen LogP contribution in [0.5, 0.6) is 0 Å². The van der Waals surface area contributed by atoms with Crippen molar-refractivity contribution in [1.82, 2.24) is 20.0 Å². The Morgan fingerprint density at radius 1 is 1.16 bits per heavy atom. The Kier molecular flexibility index (Phi) is 5.76. The number of nitrogens with one attached hydrogen (secondary N) is 1. The van der Waals surface area contributed by atoms with Crippen molar-refractivity contribution in [3.05, 3.63) is 47.2 Å². The minimum atomic E-state index is 0.342. The highest BCUT2D eigenvalue weighted by atomic mass is 15.4. The zero-order chi connectivity index (χ0) is 17.8. The van der Waals surface area contributed by atoms with Crippen molar-refractivity contribution in [3.8, 4) is 0 Å². The fourth-order valence-electron chi connectivity index (χ4n) is 3.88. The summed E-state index contributed by atoms with van der Waals surface area (Å²) in [7, 11) is 6.18. The van der Waals surface area contributed by atoms with E-state index >= 15 is 0 Å². The molecule has 25 heavy (non-hydrogen) atoms. The average molecular weight is 342 g/mol. The Bertz CT molecular complexity index is 671. The van der Waals surface area contributed by atoms with Crippen LogP contribution in [0.4, 0.5) is 5.82 Å². The van der Waals surface area contributed by atoms with Crippen LogP contribution in [-0.2, 0) is 13.6 Å². The van der Waals surface area contributed by atoms with Crippen molar-refractivity contribution < 1.29 is 0 Å². The molecule has 5 nitrogen and oxygen atoms in total. The van der Waals surface area contributed by atoms with E-state index in [1.807, 2.05) is 11.7 Å². The summed E-state index contributed by atoms with van der Waals surface area (Å²) in [6.45, 7) is 6.45. The quantitative estimate of drug-likeness (QED) is 0.840. The van der Waals surface area contributed by atoms with Gasteiger partial charge < -0.3 is 15.1 Å². The number of nitrogens with zero attached hydrogens (tertiary/aromatic N) is 4. The maximum absolute atomic E-state index is 4.61. The first-order valence-corrected chi connectivity index (χ1v) is 9.26. The number of anilines is 1. The lowest BCUT2D eigenvalue weighted by Gasteiger charge is -2.25. The zero-order valence-electron chi connectivity index (χ0n) is 16.0. The molecule has 0 bridgehead atoms. The van der Waals surface area contributed by atoms with Crippen LogP contribution in [0.2, 0.25) is 0 Å². The summed E-state index contributed by atoms with van der Waals surface area (Å²) in [5, 5.41) is 8.42. The van der Waals surface area contributed by atoms with Gasteiger partial charge in [-0.05, 0) is 38.4 Å². The lowest BCUT2D eigenvalue weighted by molar-refractivity contribution is 0.291. The molecule has 0 saturated carbocycles. The second-order valence-corrected chi connectivity index (χ2v) is 7.26. The maximum Gasteiger partial charge on any atom is 0.130 e. The summed E-state index contributed by atoms with van der Waals surface area (Å²) in [6.07, 6.45) is 2.65. The van der Waals surface area contributed by atoms with Crippen molar-refractivity contribution in [3.63, 3.8) is 0 Å². The lowest BCUT2D eigenvalue weighted by Crippen LogP contribution is -2.33. The van der Waals surface area contributed by atoms with Gasteiger partial charge in [0, 0.05) is 45.8 Å². The molecule has 1 aromatic heterocycles. The first-order valence-electron chi connectivity index (χ1n) is 9.26. The maximum atomic E-state index is 4.61. The van der Waals surface area contributed by atoms with Crippen LogP contribution in [0.25, 0.3) is 0 Å². The summed E-state index contributed by atoms with van der Waals surface area (Å²) in [5.74, 6) is 1.18. The van der Waals surface area contributed by atoms with E-state index < -0.39 is 0 Å². The van der Waals surface area contributed by atoms with Crippen LogP contribution in [-0.4, -0.2) is 48.4 Å². The van der Waals surface area contributed by atoms with Crippen molar-refractivity contribution >= 4 is 5.82 Å². The summed E-state index contributed by atoms with van der Waals surface area (Å²) in [4.78, 5) is 4.72. The molecule has 136 valence electrons. The van der Waals surface area contributed by atoms with Crippen LogP contribution >= 0.6 is 0 Å². The van der Waals surface area contributed by atoms with Crippen molar-refractivity contribution in [2.45, 2.75) is 32.4 Å². The molecule has 2 heterocycles. The van der Waals surface area contributed by atoms with Crippen LogP contribution in [0.3, 0.4) is 0 Å². The van der Waals surface area contributed by atoms with Gasteiger partial charge in [-0.3, -0.25) is 4.68 Å². The van der Waals surface area contributed by atoms with Gasteiger partial charge in [-0.2, -0.15) is 5.10 Å². The largest absolute Gasteiger partial charge is 0.363 e. The second-order valence-electron chi connectivity index (χ2n) is 7.26. The summed E-state index contributed by atoms with van der Waals surface area (Å²) in [5.41, 5.74) is 3.75. The van der Waals surface area contributed by atoms with E-state index in [9.17, 15) is 0 Å². The molecule has 0 unspecified atom stereocenters. The first-order chi connectivity index (χ1) is 12.1. The molecule has 1 N–H and O–H groups in total. The third-order valence-electron chi connectivity index (χ3n) is 5.10. The van der Waals surface area contributed by atoms with Crippen molar-refractivity contribution in [2.75, 3.05) is 38.6 Å². The molecule has 0 radical (unpaired) electrons. The molecule has 1 aliphatic heterocycles. The third kappa shape index (κ3) is 4.22. The number of likely N-dealkylation sites (tertiary alicyclic amines) is 1. The standard InChI is InChI=1S/C20H31N5/c1-16-18(20(23(2)3)24(4)22-16)14-21-19(15-25-12-8-9-13-25)17-10-6-5-7-11-17/h5-7,10-11,19,21H,8-9,12-15H2,1-4H3/t19-/m1/s1. The Morgan fingerprint density at radius 3 is 2.48 bits per heavy atom. The zero-order valence-corrected chi connectivity index (χ0v) is 16.0. The molecule has 0 aliphatic carbocycles. The number of aromatic nitrogens is 2. The SMILES string of the molecule is Cc1nn(C)c(N(C)C)c1CN[C@H](CN1CCCC1)c1ccccc1. The summed E-state index contributed by atoms with van der Waals surface area (Å²) >= 11 is 0. The fourth-order valence-corrected chi connectivity index (χ4v) is 3.88. The summed E-state index contributed by atoms with van der Waals surface area (Å²) in [6, 6.07) is 11.2. The van der Waals surface area contributed by atoms with Crippen molar-refractivity contribution in [2.24, 2.45) is 7.05 Å². The molecule has 2 aromatic rings. The molecular formula is C20H31N5. The highest BCUT2D eigenvalue weighted by Crippen LogP contribution is 2.23. The Balaban J connectivity index is 1.77. The van der Waals surface area contributed by atoms with Crippen molar-refractivity contribution in [1.29, 1.82) is 0 Å². The molecule has 3 rings (SSSR count). The number of hydrogen-bond acceptors (Lipinski definition) is 4. The lowest BCUT2D eigenvalue weighted by atomic mass is 10.1. The Morgan fingerprint density at radius 2 is 1.84 bits per heavy atom. The van der Waals surface area contributed by atoms with E-state index in [1.165, 1.54) is 42.9 Å². The van der Waals surface area contributed by atoms with Crippen LogP contribution in [0, 0.1) is 6.92 Å².